The van der Waals surface area contributed by atoms with Gasteiger partial charge in [0.15, 0.2) is 0 Å². The topological polar surface area (TPSA) is 46.1 Å². The van der Waals surface area contributed by atoms with E-state index in [2.05, 4.69) is 22.1 Å². The molecular weight excluding hydrogens is 284 g/mol. The summed E-state index contributed by atoms with van der Waals surface area (Å²) in [6.45, 7) is 2.65. The van der Waals surface area contributed by atoms with Gasteiger partial charge in [0.05, 0.1) is 12.3 Å². The van der Waals surface area contributed by atoms with E-state index >= 15 is 0 Å². The van der Waals surface area contributed by atoms with Crippen LogP contribution in [0.25, 0.3) is 5.69 Å². The minimum absolute atomic E-state index is 0.554. The molecular formula is C15H20N4OS. The van der Waals surface area contributed by atoms with Crippen molar-refractivity contribution in [3.63, 3.8) is 0 Å². The largest absolute Gasteiger partial charge is 0.381 e. The van der Waals surface area contributed by atoms with Crippen LogP contribution in [0, 0.1) is 10.7 Å². The van der Waals surface area contributed by atoms with Gasteiger partial charge in [0.1, 0.15) is 0 Å². The van der Waals surface area contributed by atoms with Gasteiger partial charge < -0.3 is 9.64 Å². The van der Waals surface area contributed by atoms with Crippen molar-refractivity contribution in [3.05, 3.63) is 35.1 Å². The zero-order chi connectivity index (χ0) is 14.7. The van der Waals surface area contributed by atoms with E-state index in [1.807, 2.05) is 34.9 Å². The Labute approximate surface area is 129 Å². The second-order valence-electron chi connectivity index (χ2n) is 5.46. The fourth-order valence-corrected chi connectivity index (χ4v) is 3.01. The Balaban J connectivity index is 1.83. The summed E-state index contributed by atoms with van der Waals surface area (Å²) in [7, 11) is 2.05. The average molecular weight is 304 g/mol. The van der Waals surface area contributed by atoms with Crippen LogP contribution in [0.3, 0.4) is 0 Å². The third kappa shape index (κ3) is 3.16. The molecule has 1 aromatic carbocycles. The molecule has 6 heteroatoms. The number of benzene rings is 1. The van der Waals surface area contributed by atoms with Crippen LogP contribution < -0.4 is 4.90 Å². The Bertz CT molecular complexity index is 631. The summed E-state index contributed by atoms with van der Waals surface area (Å²) in [6.07, 6.45) is 2.35. The molecule has 1 aliphatic rings. The number of hydrogen-bond donors (Lipinski definition) is 1. The SMILES string of the molecule is CN(CC1CCCOC1)c1n[nH]c(=S)n1-c1ccccc1. The third-order valence-corrected chi connectivity index (χ3v) is 4.07. The third-order valence-electron chi connectivity index (χ3n) is 3.80. The number of aromatic amines is 1. The summed E-state index contributed by atoms with van der Waals surface area (Å²) >= 11 is 5.37. The molecule has 21 heavy (non-hydrogen) atoms. The van der Waals surface area contributed by atoms with Gasteiger partial charge in [0.25, 0.3) is 0 Å². The maximum Gasteiger partial charge on any atom is 0.230 e. The number of nitrogens with zero attached hydrogens (tertiary/aromatic N) is 3. The molecule has 1 aliphatic heterocycles. The highest BCUT2D eigenvalue weighted by atomic mass is 32.1. The second-order valence-corrected chi connectivity index (χ2v) is 5.85. The molecule has 1 atom stereocenters. The van der Waals surface area contributed by atoms with Crippen molar-refractivity contribution in [1.29, 1.82) is 0 Å². The average Bonchev–Trinajstić information content (AvgIpc) is 2.91. The molecule has 0 radical (unpaired) electrons. The van der Waals surface area contributed by atoms with E-state index in [1.165, 1.54) is 6.42 Å². The Hall–Kier alpha value is -1.66. The number of aromatic nitrogens is 3. The quantitative estimate of drug-likeness (QED) is 0.882. The Morgan fingerprint density at radius 3 is 2.95 bits per heavy atom. The summed E-state index contributed by atoms with van der Waals surface area (Å²) in [5, 5.41) is 7.29. The van der Waals surface area contributed by atoms with Crippen molar-refractivity contribution in [1.82, 2.24) is 14.8 Å². The molecule has 112 valence electrons. The minimum atomic E-state index is 0.554. The number of para-hydroxylation sites is 1. The van der Waals surface area contributed by atoms with E-state index in [-0.39, 0.29) is 0 Å². The Morgan fingerprint density at radius 2 is 2.24 bits per heavy atom. The monoisotopic (exact) mass is 304 g/mol. The summed E-state index contributed by atoms with van der Waals surface area (Å²) in [4.78, 5) is 2.15. The molecule has 2 heterocycles. The van der Waals surface area contributed by atoms with Crippen LogP contribution in [0.1, 0.15) is 12.8 Å². The number of H-pyrrole nitrogens is 1. The number of anilines is 1. The van der Waals surface area contributed by atoms with E-state index in [4.69, 9.17) is 17.0 Å². The molecule has 0 aliphatic carbocycles. The van der Waals surface area contributed by atoms with Crippen molar-refractivity contribution in [2.24, 2.45) is 5.92 Å². The fourth-order valence-electron chi connectivity index (χ4n) is 2.77. The van der Waals surface area contributed by atoms with Crippen molar-refractivity contribution in [2.45, 2.75) is 12.8 Å². The van der Waals surface area contributed by atoms with Crippen LogP contribution in [0.15, 0.2) is 30.3 Å². The minimum Gasteiger partial charge on any atom is -0.381 e. The maximum atomic E-state index is 5.56. The van der Waals surface area contributed by atoms with Gasteiger partial charge in [-0.15, -0.1) is 5.10 Å². The first kappa shape index (κ1) is 14.3. The van der Waals surface area contributed by atoms with E-state index in [9.17, 15) is 0 Å². The highest BCUT2D eigenvalue weighted by molar-refractivity contribution is 7.71. The summed E-state index contributed by atoms with van der Waals surface area (Å²) in [5.41, 5.74) is 1.03. The van der Waals surface area contributed by atoms with Gasteiger partial charge in [-0.25, -0.2) is 5.10 Å². The smallest absolute Gasteiger partial charge is 0.230 e. The van der Waals surface area contributed by atoms with Crippen LogP contribution >= 0.6 is 12.2 Å². The number of hydrogen-bond acceptors (Lipinski definition) is 4. The predicted molar refractivity (Wildman–Crippen MR) is 85.6 cm³/mol. The summed E-state index contributed by atoms with van der Waals surface area (Å²) in [5.74, 6) is 1.40. The Morgan fingerprint density at radius 1 is 1.43 bits per heavy atom. The lowest BCUT2D eigenvalue weighted by Crippen LogP contribution is -2.32. The van der Waals surface area contributed by atoms with Gasteiger partial charge in [-0.1, -0.05) is 18.2 Å². The van der Waals surface area contributed by atoms with Crippen molar-refractivity contribution < 1.29 is 4.74 Å². The number of ether oxygens (including phenoxy) is 1. The molecule has 1 N–H and O–H groups in total. The van der Waals surface area contributed by atoms with Crippen molar-refractivity contribution in [3.8, 4) is 5.69 Å². The van der Waals surface area contributed by atoms with Gasteiger partial charge in [0.2, 0.25) is 10.7 Å². The standard InChI is InChI=1S/C15H20N4OS/c1-18(10-12-6-5-9-20-11-12)14-16-17-15(21)19(14)13-7-3-2-4-8-13/h2-4,7-8,12H,5-6,9-11H2,1H3,(H,17,21). The zero-order valence-electron chi connectivity index (χ0n) is 12.2. The van der Waals surface area contributed by atoms with E-state index < -0.39 is 0 Å². The van der Waals surface area contributed by atoms with Gasteiger partial charge in [-0.05, 0) is 43.1 Å². The van der Waals surface area contributed by atoms with Crippen LogP contribution in [0.2, 0.25) is 0 Å². The molecule has 0 spiro atoms. The molecule has 1 aromatic heterocycles. The molecule has 1 unspecified atom stereocenters. The lowest BCUT2D eigenvalue weighted by atomic mass is 10.0. The predicted octanol–water partition coefficient (Wildman–Crippen LogP) is 2.79. The first-order chi connectivity index (χ1) is 10.3. The van der Waals surface area contributed by atoms with Crippen LogP contribution in [0.5, 0.6) is 0 Å². The zero-order valence-corrected chi connectivity index (χ0v) is 13.0. The molecule has 3 rings (SSSR count). The first-order valence-corrected chi connectivity index (χ1v) is 7.68. The summed E-state index contributed by atoms with van der Waals surface area (Å²) in [6, 6.07) is 10.1. The van der Waals surface area contributed by atoms with Gasteiger partial charge in [-0.3, -0.25) is 4.57 Å². The van der Waals surface area contributed by atoms with E-state index in [0.29, 0.717) is 10.7 Å². The normalized spacial score (nSPS) is 18.6. The molecule has 1 fully saturated rings. The second kappa shape index (κ2) is 6.41. The first-order valence-electron chi connectivity index (χ1n) is 7.27. The van der Waals surface area contributed by atoms with Gasteiger partial charge in [0, 0.05) is 20.2 Å². The Kier molecular flexibility index (Phi) is 4.36. The molecule has 0 bridgehead atoms. The molecule has 5 nitrogen and oxygen atoms in total. The maximum absolute atomic E-state index is 5.56. The van der Waals surface area contributed by atoms with Crippen LogP contribution in [-0.4, -0.2) is 41.6 Å². The number of rotatable bonds is 4. The molecule has 0 amide bonds. The highest BCUT2D eigenvalue weighted by Crippen LogP contribution is 2.20. The lowest BCUT2D eigenvalue weighted by Gasteiger charge is -2.27. The molecule has 2 aromatic rings. The van der Waals surface area contributed by atoms with Crippen LogP contribution in [-0.2, 0) is 4.74 Å². The van der Waals surface area contributed by atoms with Gasteiger partial charge in [-0.2, -0.15) is 0 Å². The summed E-state index contributed by atoms with van der Waals surface area (Å²) < 4.78 is 8.14. The van der Waals surface area contributed by atoms with Gasteiger partial charge >= 0.3 is 0 Å². The molecule has 0 saturated carbocycles. The fraction of sp³-hybridized carbons (Fsp3) is 0.467. The highest BCUT2D eigenvalue weighted by Gasteiger charge is 2.19. The molecule has 1 saturated heterocycles. The lowest BCUT2D eigenvalue weighted by molar-refractivity contribution is 0.0575. The number of nitrogens with one attached hydrogen (secondary N) is 1. The van der Waals surface area contributed by atoms with Crippen LogP contribution in [0.4, 0.5) is 5.95 Å². The van der Waals surface area contributed by atoms with Crippen molar-refractivity contribution >= 4 is 18.2 Å². The van der Waals surface area contributed by atoms with Crippen molar-refractivity contribution in [2.75, 3.05) is 31.7 Å². The van der Waals surface area contributed by atoms with E-state index in [0.717, 1.165) is 37.8 Å². The van der Waals surface area contributed by atoms with E-state index in [1.54, 1.807) is 0 Å².